The maximum Gasteiger partial charge on any atom is 0.485 e. The van der Waals surface area contributed by atoms with Crippen LogP contribution >= 0.6 is 0 Å². The van der Waals surface area contributed by atoms with Gasteiger partial charge in [-0.2, -0.15) is 13.2 Å². The molecule has 2 aromatic carbocycles. The van der Waals surface area contributed by atoms with Crippen molar-refractivity contribution in [1.82, 2.24) is 0 Å². The average molecular weight is 449 g/mol. The van der Waals surface area contributed by atoms with Crippen molar-refractivity contribution in [3.63, 3.8) is 0 Å². The SMILES string of the molecule is O=S(=O)([O-])C(F)(F)F.c1ccc2c([S+]3CCC(OC4CCCC4)C3)cccc2c1. The molecule has 2 fully saturated rings. The molecule has 0 amide bonds. The van der Waals surface area contributed by atoms with Crippen LogP contribution in [0, 0.1) is 0 Å². The molecule has 2 unspecified atom stereocenters. The van der Waals surface area contributed by atoms with Crippen LogP contribution < -0.4 is 0 Å². The number of ether oxygens (including phenoxy) is 1. The number of fused-ring (bicyclic) bond motifs is 1. The summed E-state index contributed by atoms with van der Waals surface area (Å²) in [7, 11) is -5.71. The minimum Gasteiger partial charge on any atom is -0.741 e. The second-order valence-electron chi connectivity index (χ2n) is 7.19. The third kappa shape index (κ3) is 5.87. The lowest BCUT2D eigenvalue weighted by Gasteiger charge is -2.15. The molecule has 4 nitrogen and oxygen atoms in total. The van der Waals surface area contributed by atoms with E-state index < -0.39 is 15.6 Å². The van der Waals surface area contributed by atoms with Crippen LogP contribution in [0.15, 0.2) is 47.4 Å². The zero-order valence-electron chi connectivity index (χ0n) is 15.7. The fourth-order valence-electron chi connectivity index (χ4n) is 3.72. The van der Waals surface area contributed by atoms with Gasteiger partial charge in [-0.15, -0.1) is 0 Å². The van der Waals surface area contributed by atoms with Crippen molar-refractivity contribution in [3.8, 4) is 0 Å². The van der Waals surface area contributed by atoms with Gasteiger partial charge in [0.1, 0.15) is 17.6 Å². The van der Waals surface area contributed by atoms with Gasteiger partial charge in [0.05, 0.1) is 6.10 Å². The molecule has 1 aliphatic heterocycles. The molecule has 160 valence electrons. The zero-order valence-corrected chi connectivity index (χ0v) is 17.4. The number of benzene rings is 2. The quantitative estimate of drug-likeness (QED) is 0.391. The van der Waals surface area contributed by atoms with E-state index in [0.29, 0.717) is 23.1 Å². The number of rotatable bonds is 3. The standard InChI is InChI=1S/C19H23OS.CHF3O3S/c1-4-10-18-15(6-1)7-5-11-19(18)21-13-12-17(14-21)20-16-8-2-3-9-16;2-1(3,4)8(5,6)7/h1,4-7,10-11,16-17H,2-3,8-9,12-14H2;(H,5,6,7)/q+1;/p-1. The van der Waals surface area contributed by atoms with E-state index in [9.17, 15) is 13.2 Å². The smallest absolute Gasteiger partial charge is 0.485 e. The Morgan fingerprint density at radius 1 is 0.966 bits per heavy atom. The maximum atomic E-state index is 10.7. The lowest BCUT2D eigenvalue weighted by Crippen LogP contribution is -2.21. The molecule has 0 spiro atoms. The number of alkyl halides is 3. The van der Waals surface area contributed by atoms with E-state index in [1.54, 1.807) is 4.90 Å². The van der Waals surface area contributed by atoms with Crippen molar-refractivity contribution in [2.24, 2.45) is 0 Å². The summed E-state index contributed by atoms with van der Waals surface area (Å²) < 4.78 is 65.2. The summed E-state index contributed by atoms with van der Waals surface area (Å²) in [6, 6.07) is 15.6. The van der Waals surface area contributed by atoms with Crippen LogP contribution in [0.3, 0.4) is 0 Å². The zero-order chi connectivity index (χ0) is 21.1. The Bertz CT molecular complexity index is 919. The maximum absolute atomic E-state index is 10.7. The van der Waals surface area contributed by atoms with Gasteiger partial charge in [-0.05, 0) is 30.4 Å². The summed E-state index contributed by atoms with van der Waals surface area (Å²) in [5, 5.41) is 2.83. The predicted molar refractivity (Wildman–Crippen MR) is 107 cm³/mol. The number of hydrogen-bond donors (Lipinski definition) is 0. The minimum atomic E-state index is -6.09. The summed E-state index contributed by atoms with van der Waals surface area (Å²) in [4.78, 5) is 1.56. The van der Waals surface area contributed by atoms with E-state index in [0.717, 1.165) is 0 Å². The van der Waals surface area contributed by atoms with Crippen LogP contribution in [0.25, 0.3) is 10.8 Å². The van der Waals surface area contributed by atoms with Crippen LogP contribution in [0.2, 0.25) is 0 Å². The first-order valence-corrected chi connectivity index (χ1v) is 12.4. The molecule has 0 bridgehead atoms. The molecular weight excluding hydrogens is 425 g/mol. The van der Waals surface area contributed by atoms with Crippen LogP contribution in [-0.4, -0.2) is 42.2 Å². The summed E-state index contributed by atoms with van der Waals surface area (Å²) in [6.45, 7) is 0. The van der Waals surface area contributed by atoms with Gasteiger partial charge in [-0.3, -0.25) is 0 Å². The Balaban J connectivity index is 0.000000258. The third-order valence-corrected chi connectivity index (χ3v) is 8.15. The molecule has 1 heterocycles. The second-order valence-corrected chi connectivity index (χ2v) is 10.7. The Morgan fingerprint density at radius 2 is 1.59 bits per heavy atom. The normalized spacial score (nSPS) is 23.2. The molecule has 0 N–H and O–H groups in total. The Hall–Kier alpha value is -1.29. The van der Waals surface area contributed by atoms with E-state index in [1.165, 1.54) is 54.4 Å². The number of halogens is 3. The molecule has 2 aromatic rings. The Morgan fingerprint density at radius 3 is 2.24 bits per heavy atom. The minimum absolute atomic E-state index is 0.380. The molecule has 1 saturated heterocycles. The summed E-state index contributed by atoms with van der Waals surface area (Å²) in [6.07, 6.45) is 7.64. The van der Waals surface area contributed by atoms with Gasteiger partial charge in [0.15, 0.2) is 15.0 Å². The van der Waals surface area contributed by atoms with Crippen LogP contribution in [-0.2, 0) is 25.7 Å². The lowest BCUT2D eigenvalue weighted by atomic mass is 10.1. The highest BCUT2D eigenvalue weighted by Crippen LogP contribution is 2.32. The van der Waals surface area contributed by atoms with Crippen molar-refractivity contribution in [3.05, 3.63) is 42.5 Å². The molecule has 0 aromatic heterocycles. The van der Waals surface area contributed by atoms with Gasteiger partial charge < -0.3 is 9.29 Å². The van der Waals surface area contributed by atoms with Gasteiger partial charge in [-0.1, -0.05) is 43.2 Å². The van der Waals surface area contributed by atoms with Gasteiger partial charge in [-0.25, -0.2) is 8.42 Å². The highest BCUT2D eigenvalue weighted by molar-refractivity contribution is 7.97. The second kappa shape index (κ2) is 9.24. The topological polar surface area (TPSA) is 66.4 Å². The first-order chi connectivity index (χ1) is 13.6. The summed E-state index contributed by atoms with van der Waals surface area (Å²) in [5.74, 6) is 2.55. The van der Waals surface area contributed by atoms with Crippen molar-refractivity contribution in [2.75, 3.05) is 11.5 Å². The van der Waals surface area contributed by atoms with Gasteiger partial charge in [0.2, 0.25) is 0 Å². The highest BCUT2D eigenvalue weighted by atomic mass is 32.2. The predicted octanol–water partition coefficient (Wildman–Crippen LogP) is 4.60. The number of hydrogen-bond acceptors (Lipinski definition) is 4. The Kier molecular flexibility index (Phi) is 7.14. The van der Waals surface area contributed by atoms with Gasteiger partial charge >= 0.3 is 5.51 Å². The first kappa shape index (κ1) is 22.4. The first-order valence-electron chi connectivity index (χ1n) is 9.48. The largest absolute Gasteiger partial charge is 0.741 e. The fourth-order valence-corrected chi connectivity index (χ4v) is 6.29. The molecule has 9 heteroatoms. The molecular formula is C20H23F3O4S2. The molecule has 2 aliphatic rings. The van der Waals surface area contributed by atoms with Crippen molar-refractivity contribution < 1.29 is 30.9 Å². The molecule has 29 heavy (non-hydrogen) atoms. The molecule has 1 saturated carbocycles. The lowest BCUT2D eigenvalue weighted by molar-refractivity contribution is -0.0517. The van der Waals surface area contributed by atoms with Crippen molar-refractivity contribution in [2.45, 2.75) is 54.7 Å². The van der Waals surface area contributed by atoms with Gasteiger partial charge in [0, 0.05) is 22.7 Å². The Labute approximate surface area is 171 Å². The van der Waals surface area contributed by atoms with Crippen LogP contribution in [0.5, 0.6) is 0 Å². The van der Waals surface area contributed by atoms with E-state index in [2.05, 4.69) is 42.5 Å². The van der Waals surface area contributed by atoms with Crippen molar-refractivity contribution in [1.29, 1.82) is 0 Å². The monoisotopic (exact) mass is 448 g/mol. The summed E-state index contributed by atoms with van der Waals surface area (Å²) in [5.41, 5.74) is -5.65. The molecule has 4 rings (SSSR count). The third-order valence-electron chi connectivity index (χ3n) is 5.10. The molecule has 2 atom stereocenters. The van der Waals surface area contributed by atoms with Crippen LogP contribution in [0.4, 0.5) is 13.2 Å². The van der Waals surface area contributed by atoms with Crippen LogP contribution in [0.1, 0.15) is 32.1 Å². The van der Waals surface area contributed by atoms with Gasteiger partial charge in [0.25, 0.3) is 0 Å². The highest BCUT2D eigenvalue weighted by Gasteiger charge is 2.38. The average Bonchev–Trinajstić information content (AvgIpc) is 3.33. The van der Waals surface area contributed by atoms with E-state index in [-0.39, 0.29) is 0 Å². The van der Waals surface area contributed by atoms with E-state index >= 15 is 0 Å². The molecule has 1 aliphatic carbocycles. The van der Waals surface area contributed by atoms with E-state index in [4.69, 9.17) is 17.7 Å². The molecule has 0 radical (unpaired) electrons. The van der Waals surface area contributed by atoms with E-state index in [1.807, 2.05) is 0 Å². The van der Waals surface area contributed by atoms with Crippen molar-refractivity contribution >= 4 is 31.8 Å². The summed E-state index contributed by atoms with van der Waals surface area (Å²) >= 11 is 0. The fraction of sp³-hybridized carbons (Fsp3) is 0.500.